The van der Waals surface area contributed by atoms with Crippen molar-refractivity contribution in [2.75, 3.05) is 13.2 Å². The third kappa shape index (κ3) is 5.49. The van der Waals surface area contributed by atoms with Crippen molar-refractivity contribution in [2.45, 2.75) is 43.9 Å². The number of rotatable bonds is 8. The second-order valence-corrected chi connectivity index (χ2v) is 3.72. The molecule has 19 heavy (non-hydrogen) atoms. The number of nitrogens with one attached hydrogen (secondary N) is 1. The largest absolute Gasteiger partial charge is 0.459 e. The molecule has 0 amide bonds. The average Bonchev–Trinajstić information content (AvgIpc) is 2.24. The summed E-state index contributed by atoms with van der Waals surface area (Å²) >= 11 is 0. The lowest BCUT2D eigenvalue weighted by Crippen LogP contribution is -2.57. The van der Waals surface area contributed by atoms with Crippen molar-refractivity contribution in [1.29, 1.82) is 0 Å². The summed E-state index contributed by atoms with van der Waals surface area (Å²) in [5.74, 6) is -5.73. The van der Waals surface area contributed by atoms with Gasteiger partial charge < -0.3 is 5.11 Å². The van der Waals surface area contributed by atoms with Crippen LogP contribution in [0.15, 0.2) is 0 Å². The Labute approximate surface area is 104 Å². The van der Waals surface area contributed by atoms with Crippen LogP contribution in [0, 0.1) is 0 Å². The van der Waals surface area contributed by atoms with Gasteiger partial charge in [-0.25, -0.2) is 4.84 Å². The fraction of sp³-hybridized carbons (Fsp3) is 1.00. The number of halogens is 7. The first-order valence-corrected chi connectivity index (χ1v) is 5.40. The van der Waals surface area contributed by atoms with Gasteiger partial charge in [0.25, 0.3) is 0 Å². The van der Waals surface area contributed by atoms with E-state index in [9.17, 15) is 30.7 Å². The first-order valence-electron chi connectivity index (χ1n) is 5.40. The maximum Gasteiger partial charge on any atom is 0.459 e. The predicted octanol–water partition coefficient (Wildman–Crippen LogP) is 2.85. The zero-order chi connectivity index (χ0) is 15.2. The second kappa shape index (κ2) is 7.25. The van der Waals surface area contributed by atoms with Gasteiger partial charge in [0.1, 0.15) is 0 Å². The summed E-state index contributed by atoms with van der Waals surface area (Å²) < 4.78 is 84.8. The van der Waals surface area contributed by atoms with E-state index in [1.807, 2.05) is 0 Å². The van der Waals surface area contributed by atoms with E-state index in [1.54, 1.807) is 0 Å². The first-order chi connectivity index (χ1) is 8.56. The molecule has 0 rings (SSSR count). The molecule has 116 valence electrons. The second-order valence-electron chi connectivity index (χ2n) is 3.72. The number of hydroxylamine groups is 1. The van der Waals surface area contributed by atoms with Crippen LogP contribution in [0.5, 0.6) is 0 Å². The van der Waals surface area contributed by atoms with Crippen LogP contribution in [0.2, 0.25) is 0 Å². The summed E-state index contributed by atoms with van der Waals surface area (Å²) in [6, 6.07) is 0. The van der Waals surface area contributed by atoms with Gasteiger partial charge in [-0.2, -0.15) is 36.2 Å². The number of aliphatic hydroxyl groups is 1. The van der Waals surface area contributed by atoms with Crippen molar-refractivity contribution in [1.82, 2.24) is 5.48 Å². The molecular weight excluding hydrogens is 287 g/mol. The number of hydrogen-bond acceptors (Lipinski definition) is 3. The molecule has 0 bridgehead atoms. The summed E-state index contributed by atoms with van der Waals surface area (Å²) in [4.78, 5) is 3.15. The van der Waals surface area contributed by atoms with Gasteiger partial charge >= 0.3 is 18.2 Å². The Kier molecular flexibility index (Phi) is 7.01. The van der Waals surface area contributed by atoms with E-state index >= 15 is 0 Å². The molecule has 0 aliphatic carbocycles. The van der Waals surface area contributed by atoms with Crippen molar-refractivity contribution < 1.29 is 40.7 Å². The van der Waals surface area contributed by atoms with Crippen LogP contribution < -0.4 is 5.48 Å². The SMILES string of the molecule is OCCCCCCNOC(F)(C(F)(F)F)C(F)(F)F. The van der Waals surface area contributed by atoms with E-state index in [0.717, 1.165) is 0 Å². The van der Waals surface area contributed by atoms with Crippen LogP contribution in [0.1, 0.15) is 25.7 Å². The zero-order valence-corrected chi connectivity index (χ0v) is 9.74. The van der Waals surface area contributed by atoms with Gasteiger partial charge in [-0.1, -0.05) is 12.8 Å². The molecule has 0 aliphatic rings. The molecule has 0 aromatic rings. The van der Waals surface area contributed by atoms with E-state index in [1.165, 1.54) is 5.48 Å². The van der Waals surface area contributed by atoms with Crippen LogP contribution in [0.25, 0.3) is 0 Å². The molecule has 0 heterocycles. The maximum atomic E-state index is 12.9. The molecule has 0 fully saturated rings. The summed E-state index contributed by atoms with van der Waals surface area (Å²) in [6.07, 6.45) is -10.8. The van der Waals surface area contributed by atoms with Gasteiger partial charge in [-0.05, 0) is 12.8 Å². The molecule has 0 unspecified atom stereocenters. The van der Waals surface area contributed by atoms with Crippen LogP contribution in [-0.4, -0.2) is 36.5 Å². The fourth-order valence-electron chi connectivity index (χ4n) is 1.09. The molecule has 0 saturated carbocycles. The smallest absolute Gasteiger partial charge is 0.396 e. The highest BCUT2D eigenvalue weighted by molar-refractivity contribution is 4.84. The molecule has 0 aliphatic heterocycles. The third-order valence-corrected chi connectivity index (χ3v) is 2.13. The molecule has 0 saturated heterocycles. The number of aliphatic hydroxyl groups excluding tert-OH is 1. The highest BCUT2D eigenvalue weighted by Crippen LogP contribution is 2.46. The normalized spacial score (nSPS) is 13.9. The number of alkyl halides is 7. The van der Waals surface area contributed by atoms with Crippen molar-refractivity contribution >= 4 is 0 Å². The number of hydrogen-bond donors (Lipinski definition) is 2. The standard InChI is InChI=1S/C9H14F7NO2/c10-7(8(11,12)13,9(14,15)16)19-17-5-3-1-2-4-6-18/h17-18H,1-6H2. The van der Waals surface area contributed by atoms with Crippen molar-refractivity contribution in [3.8, 4) is 0 Å². The van der Waals surface area contributed by atoms with Crippen LogP contribution in [-0.2, 0) is 4.84 Å². The van der Waals surface area contributed by atoms with Crippen LogP contribution in [0.3, 0.4) is 0 Å². The maximum absolute atomic E-state index is 12.9. The summed E-state index contributed by atoms with van der Waals surface area (Å²) in [5.41, 5.74) is 1.34. The number of unbranched alkanes of at least 4 members (excludes halogenated alkanes) is 3. The Hall–Kier alpha value is -0.610. The van der Waals surface area contributed by atoms with Crippen LogP contribution >= 0.6 is 0 Å². The van der Waals surface area contributed by atoms with E-state index < -0.39 is 18.2 Å². The van der Waals surface area contributed by atoms with E-state index in [4.69, 9.17) is 5.11 Å². The monoisotopic (exact) mass is 301 g/mol. The Morgan fingerprint density at radius 1 is 0.789 bits per heavy atom. The molecule has 3 nitrogen and oxygen atoms in total. The lowest BCUT2D eigenvalue weighted by Gasteiger charge is -2.29. The van der Waals surface area contributed by atoms with E-state index in [-0.39, 0.29) is 19.6 Å². The fourth-order valence-corrected chi connectivity index (χ4v) is 1.09. The molecule has 0 aromatic carbocycles. The van der Waals surface area contributed by atoms with E-state index in [0.29, 0.717) is 19.3 Å². The summed E-state index contributed by atoms with van der Waals surface area (Å²) in [6.45, 7) is -0.428. The predicted molar refractivity (Wildman–Crippen MR) is 50.6 cm³/mol. The highest BCUT2D eigenvalue weighted by atomic mass is 19.4. The van der Waals surface area contributed by atoms with Gasteiger partial charge in [-0.3, -0.25) is 0 Å². The highest BCUT2D eigenvalue weighted by Gasteiger charge is 2.75. The minimum atomic E-state index is -6.23. The molecule has 0 aromatic heterocycles. The Morgan fingerprint density at radius 3 is 1.68 bits per heavy atom. The lowest BCUT2D eigenvalue weighted by molar-refractivity contribution is -0.442. The Balaban J connectivity index is 4.18. The first kappa shape index (κ1) is 18.4. The minimum absolute atomic E-state index is 0.0559. The van der Waals surface area contributed by atoms with E-state index in [2.05, 4.69) is 4.84 Å². The van der Waals surface area contributed by atoms with Gasteiger partial charge in [0, 0.05) is 13.2 Å². The van der Waals surface area contributed by atoms with Crippen molar-refractivity contribution in [2.24, 2.45) is 0 Å². The molecular formula is C9H14F7NO2. The zero-order valence-electron chi connectivity index (χ0n) is 9.74. The molecule has 2 N–H and O–H groups in total. The average molecular weight is 301 g/mol. The Morgan fingerprint density at radius 2 is 1.26 bits per heavy atom. The molecule has 10 heteroatoms. The van der Waals surface area contributed by atoms with Gasteiger partial charge in [0.15, 0.2) is 0 Å². The Bertz CT molecular complexity index is 240. The minimum Gasteiger partial charge on any atom is -0.396 e. The van der Waals surface area contributed by atoms with Crippen LogP contribution in [0.4, 0.5) is 30.7 Å². The summed E-state index contributed by atoms with van der Waals surface area (Å²) in [5, 5.41) is 8.41. The molecule has 0 spiro atoms. The molecule has 0 radical (unpaired) electrons. The van der Waals surface area contributed by atoms with Gasteiger partial charge in [0.05, 0.1) is 0 Å². The quantitative estimate of drug-likeness (QED) is 0.411. The molecule has 0 atom stereocenters. The van der Waals surface area contributed by atoms with Crippen molar-refractivity contribution in [3.63, 3.8) is 0 Å². The van der Waals surface area contributed by atoms with Crippen molar-refractivity contribution in [3.05, 3.63) is 0 Å². The topological polar surface area (TPSA) is 41.5 Å². The summed E-state index contributed by atoms with van der Waals surface area (Å²) in [7, 11) is 0. The lowest BCUT2D eigenvalue weighted by atomic mass is 10.2. The van der Waals surface area contributed by atoms with Gasteiger partial charge in [-0.15, -0.1) is 0 Å². The third-order valence-electron chi connectivity index (χ3n) is 2.13. The van der Waals surface area contributed by atoms with Gasteiger partial charge in [0.2, 0.25) is 0 Å².